The highest BCUT2D eigenvalue weighted by molar-refractivity contribution is 6.00. The summed E-state index contributed by atoms with van der Waals surface area (Å²) in [5.74, 6) is -0.658. The Morgan fingerprint density at radius 3 is 2.88 bits per heavy atom. The monoisotopic (exact) mass is 213 g/mol. The van der Waals surface area contributed by atoms with Crippen LogP contribution in [0, 0.1) is 0 Å². The van der Waals surface area contributed by atoms with E-state index in [9.17, 15) is 4.79 Å². The highest BCUT2D eigenvalue weighted by Gasteiger charge is 2.09. The SMILES string of the molecule is [N-]=[N+]=Nc1nc2ccccc2cc1C(N)=O. The van der Waals surface area contributed by atoms with Gasteiger partial charge >= 0.3 is 0 Å². The third-order valence-corrected chi connectivity index (χ3v) is 2.11. The molecule has 16 heavy (non-hydrogen) atoms. The summed E-state index contributed by atoms with van der Waals surface area (Å²) in [7, 11) is 0. The molecule has 6 nitrogen and oxygen atoms in total. The van der Waals surface area contributed by atoms with Crippen LogP contribution in [0.25, 0.3) is 21.3 Å². The minimum absolute atomic E-state index is 0.00806. The molecule has 1 amide bonds. The zero-order valence-corrected chi connectivity index (χ0v) is 8.16. The molecule has 2 aromatic rings. The molecule has 0 bridgehead atoms. The van der Waals surface area contributed by atoms with E-state index in [1.807, 2.05) is 6.07 Å². The number of hydrogen-bond acceptors (Lipinski definition) is 3. The van der Waals surface area contributed by atoms with E-state index in [1.165, 1.54) is 0 Å². The van der Waals surface area contributed by atoms with Crippen molar-refractivity contribution in [2.24, 2.45) is 10.8 Å². The molecule has 0 saturated carbocycles. The zero-order valence-electron chi connectivity index (χ0n) is 8.16. The highest BCUT2D eigenvalue weighted by atomic mass is 16.1. The first-order valence-electron chi connectivity index (χ1n) is 4.47. The molecule has 1 aromatic heterocycles. The third kappa shape index (κ3) is 1.65. The second-order valence-corrected chi connectivity index (χ2v) is 3.11. The van der Waals surface area contributed by atoms with Crippen molar-refractivity contribution in [3.8, 4) is 0 Å². The Kier molecular flexibility index (Phi) is 2.41. The number of nitrogens with zero attached hydrogens (tertiary/aromatic N) is 4. The highest BCUT2D eigenvalue weighted by Crippen LogP contribution is 2.22. The Balaban J connectivity index is 2.80. The van der Waals surface area contributed by atoms with Crippen LogP contribution < -0.4 is 5.73 Å². The van der Waals surface area contributed by atoms with Gasteiger partial charge in [0.2, 0.25) is 0 Å². The molecule has 2 rings (SSSR count). The number of hydrogen-bond donors (Lipinski definition) is 1. The summed E-state index contributed by atoms with van der Waals surface area (Å²) in [6, 6.07) is 8.75. The minimum Gasteiger partial charge on any atom is -0.366 e. The predicted octanol–water partition coefficient (Wildman–Crippen LogP) is 2.28. The number of fused-ring (bicyclic) bond motifs is 1. The number of amides is 1. The van der Waals surface area contributed by atoms with E-state index in [-0.39, 0.29) is 11.4 Å². The number of carbonyl (C=O) groups excluding carboxylic acids is 1. The minimum atomic E-state index is -0.666. The van der Waals surface area contributed by atoms with Crippen molar-refractivity contribution < 1.29 is 4.79 Å². The average molecular weight is 213 g/mol. The second kappa shape index (κ2) is 3.88. The fourth-order valence-corrected chi connectivity index (χ4v) is 1.41. The Bertz CT molecular complexity index is 575. The Hall–Kier alpha value is -2.59. The van der Waals surface area contributed by atoms with Gasteiger partial charge in [0.1, 0.15) is 5.82 Å². The van der Waals surface area contributed by atoms with E-state index >= 15 is 0 Å². The second-order valence-electron chi connectivity index (χ2n) is 3.11. The summed E-state index contributed by atoms with van der Waals surface area (Å²) < 4.78 is 0. The first-order valence-corrected chi connectivity index (χ1v) is 4.47. The van der Waals surface area contributed by atoms with E-state index in [4.69, 9.17) is 11.3 Å². The lowest BCUT2D eigenvalue weighted by Gasteiger charge is -2.02. The zero-order chi connectivity index (χ0) is 11.5. The number of carbonyl (C=O) groups is 1. The Morgan fingerprint density at radius 2 is 2.19 bits per heavy atom. The molecule has 0 radical (unpaired) electrons. The lowest BCUT2D eigenvalue weighted by atomic mass is 10.1. The maximum Gasteiger partial charge on any atom is 0.250 e. The fourth-order valence-electron chi connectivity index (χ4n) is 1.41. The summed E-state index contributed by atoms with van der Waals surface area (Å²) in [6.45, 7) is 0. The van der Waals surface area contributed by atoms with Gasteiger partial charge in [0.05, 0.1) is 11.1 Å². The van der Waals surface area contributed by atoms with Gasteiger partial charge in [-0.1, -0.05) is 18.2 Å². The number of benzene rings is 1. The maximum absolute atomic E-state index is 11.1. The number of rotatable bonds is 2. The van der Waals surface area contributed by atoms with Gasteiger partial charge in [-0.05, 0) is 22.8 Å². The van der Waals surface area contributed by atoms with Crippen LogP contribution in [0.15, 0.2) is 35.4 Å². The quantitative estimate of drug-likeness (QED) is 0.469. The Morgan fingerprint density at radius 1 is 1.44 bits per heavy atom. The lowest BCUT2D eigenvalue weighted by Crippen LogP contribution is -2.11. The molecule has 78 valence electrons. The molecular formula is C10H7N5O. The van der Waals surface area contributed by atoms with Crippen LogP contribution in [-0.2, 0) is 0 Å². The van der Waals surface area contributed by atoms with E-state index in [2.05, 4.69) is 15.0 Å². The maximum atomic E-state index is 11.1. The van der Waals surface area contributed by atoms with Crippen LogP contribution in [-0.4, -0.2) is 10.9 Å². The fraction of sp³-hybridized carbons (Fsp3) is 0. The number of azide groups is 1. The van der Waals surface area contributed by atoms with Crippen molar-refractivity contribution in [3.63, 3.8) is 0 Å². The molecule has 0 unspecified atom stereocenters. The van der Waals surface area contributed by atoms with Crippen LogP contribution in [0.2, 0.25) is 0 Å². The molecule has 0 saturated heterocycles. The first kappa shape index (κ1) is 9.95. The van der Waals surface area contributed by atoms with Gasteiger partial charge < -0.3 is 5.73 Å². The van der Waals surface area contributed by atoms with Gasteiger partial charge in [-0.2, -0.15) is 0 Å². The standard InChI is InChI=1S/C10H7N5O/c11-9(16)7-5-6-3-1-2-4-8(6)13-10(7)14-15-12/h1-5H,(H2,11,16). The molecule has 0 aliphatic rings. The lowest BCUT2D eigenvalue weighted by molar-refractivity contribution is 0.100. The van der Waals surface area contributed by atoms with Crippen molar-refractivity contribution in [3.05, 3.63) is 46.3 Å². The summed E-state index contributed by atoms with van der Waals surface area (Å²) in [5, 5.41) is 4.12. The molecule has 0 atom stereocenters. The molecule has 0 aliphatic heterocycles. The van der Waals surface area contributed by atoms with Crippen molar-refractivity contribution in [1.29, 1.82) is 0 Å². The van der Waals surface area contributed by atoms with Gasteiger partial charge in [-0.3, -0.25) is 4.79 Å². The number of para-hydroxylation sites is 1. The van der Waals surface area contributed by atoms with E-state index in [1.54, 1.807) is 24.3 Å². The van der Waals surface area contributed by atoms with Gasteiger partial charge in [0, 0.05) is 10.3 Å². The number of nitrogens with two attached hydrogens (primary N) is 1. The number of pyridine rings is 1. The third-order valence-electron chi connectivity index (χ3n) is 2.11. The molecule has 1 aromatic carbocycles. The smallest absolute Gasteiger partial charge is 0.250 e. The molecule has 2 N–H and O–H groups in total. The van der Waals surface area contributed by atoms with Crippen LogP contribution in [0.1, 0.15) is 10.4 Å². The molecule has 0 fully saturated rings. The Labute approximate surface area is 90.3 Å². The largest absolute Gasteiger partial charge is 0.366 e. The van der Waals surface area contributed by atoms with Crippen LogP contribution in [0.5, 0.6) is 0 Å². The summed E-state index contributed by atoms with van der Waals surface area (Å²) in [4.78, 5) is 17.8. The molecule has 1 heterocycles. The van der Waals surface area contributed by atoms with Gasteiger partial charge in [0.25, 0.3) is 5.91 Å². The van der Waals surface area contributed by atoms with Crippen LogP contribution >= 0.6 is 0 Å². The predicted molar refractivity (Wildman–Crippen MR) is 59.1 cm³/mol. The topological polar surface area (TPSA) is 105 Å². The number of primary amides is 1. The van der Waals surface area contributed by atoms with Crippen molar-refractivity contribution >= 4 is 22.6 Å². The normalized spacial score (nSPS) is 9.75. The summed E-state index contributed by atoms with van der Waals surface area (Å²) in [6.07, 6.45) is 0. The van der Waals surface area contributed by atoms with Gasteiger partial charge in [-0.25, -0.2) is 4.98 Å². The molecule has 0 aliphatic carbocycles. The van der Waals surface area contributed by atoms with E-state index in [0.29, 0.717) is 5.52 Å². The van der Waals surface area contributed by atoms with Crippen molar-refractivity contribution in [2.45, 2.75) is 0 Å². The van der Waals surface area contributed by atoms with Crippen LogP contribution in [0.4, 0.5) is 5.82 Å². The molecule has 6 heteroatoms. The number of aromatic nitrogens is 1. The average Bonchev–Trinajstić information content (AvgIpc) is 2.28. The van der Waals surface area contributed by atoms with Gasteiger partial charge in [-0.15, -0.1) is 0 Å². The van der Waals surface area contributed by atoms with Crippen molar-refractivity contribution in [1.82, 2.24) is 4.98 Å². The molecular weight excluding hydrogens is 206 g/mol. The van der Waals surface area contributed by atoms with E-state index in [0.717, 1.165) is 5.39 Å². The first-order chi connectivity index (χ1) is 7.72. The van der Waals surface area contributed by atoms with Crippen LogP contribution in [0.3, 0.4) is 0 Å². The summed E-state index contributed by atoms with van der Waals surface area (Å²) >= 11 is 0. The van der Waals surface area contributed by atoms with E-state index < -0.39 is 5.91 Å². The van der Waals surface area contributed by atoms with Crippen molar-refractivity contribution in [2.75, 3.05) is 0 Å². The summed E-state index contributed by atoms with van der Waals surface area (Å²) in [5.41, 5.74) is 14.3. The van der Waals surface area contributed by atoms with Gasteiger partial charge in [0.15, 0.2) is 0 Å². The molecule has 0 spiro atoms.